The number of benzene rings is 3. The van der Waals surface area contributed by atoms with E-state index in [9.17, 15) is 0 Å². The van der Waals surface area contributed by atoms with Crippen molar-refractivity contribution in [3.63, 3.8) is 0 Å². The number of rotatable bonds is 4. The zero-order valence-electron chi connectivity index (χ0n) is 19.3. The topological polar surface area (TPSA) is 56.5 Å². The average molecular weight is 466 g/mol. The minimum absolute atomic E-state index is 0.147. The molecule has 168 valence electrons. The molecule has 0 spiro atoms. The zero-order valence-corrected chi connectivity index (χ0v) is 20.0. The summed E-state index contributed by atoms with van der Waals surface area (Å²) in [7, 11) is 0. The van der Waals surface area contributed by atoms with Crippen LogP contribution in [-0.2, 0) is 5.41 Å². The first-order chi connectivity index (χ1) is 16.4. The second-order valence-electron chi connectivity index (χ2n) is 9.12. The van der Waals surface area contributed by atoms with Crippen molar-refractivity contribution in [3.8, 4) is 39.7 Å². The van der Waals surface area contributed by atoms with E-state index in [-0.39, 0.29) is 5.41 Å². The minimum atomic E-state index is -0.147. The van der Waals surface area contributed by atoms with Crippen LogP contribution < -0.4 is 0 Å². The Morgan fingerprint density at radius 3 is 1.85 bits per heavy atom. The SMILES string of the molecule is CC(C)(C)c1cc(-c2ccc(Cl)cc2)n(-c2nnc(-c3ccccc3)c(-c3ccccc3)n2)n1. The van der Waals surface area contributed by atoms with Crippen molar-refractivity contribution in [2.45, 2.75) is 26.2 Å². The van der Waals surface area contributed by atoms with E-state index in [1.807, 2.05) is 84.9 Å². The largest absolute Gasteiger partial charge is 0.271 e. The van der Waals surface area contributed by atoms with Gasteiger partial charge in [-0.2, -0.15) is 9.78 Å². The highest BCUT2D eigenvalue weighted by molar-refractivity contribution is 6.30. The molecule has 34 heavy (non-hydrogen) atoms. The Bertz CT molecular complexity index is 1420. The molecule has 0 N–H and O–H groups in total. The van der Waals surface area contributed by atoms with Crippen molar-refractivity contribution in [1.29, 1.82) is 0 Å². The molecule has 2 aromatic heterocycles. The van der Waals surface area contributed by atoms with Crippen molar-refractivity contribution in [2.75, 3.05) is 0 Å². The number of hydrogen-bond donors (Lipinski definition) is 0. The zero-order chi connectivity index (χ0) is 23.7. The Morgan fingerprint density at radius 1 is 0.676 bits per heavy atom. The summed E-state index contributed by atoms with van der Waals surface area (Å²) >= 11 is 6.14. The van der Waals surface area contributed by atoms with Crippen molar-refractivity contribution in [1.82, 2.24) is 25.0 Å². The lowest BCUT2D eigenvalue weighted by Crippen LogP contribution is -2.14. The number of aromatic nitrogens is 5. The van der Waals surface area contributed by atoms with Crippen LogP contribution >= 0.6 is 11.6 Å². The molecule has 0 radical (unpaired) electrons. The van der Waals surface area contributed by atoms with Crippen LogP contribution in [0.2, 0.25) is 5.02 Å². The van der Waals surface area contributed by atoms with E-state index in [2.05, 4.69) is 37.0 Å². The molecule has 0 aliphatic rings. The normalized spacial score (nSPS) is 11.5. The van der Waals surface area contributed by atoms with Crippen LogP contribution in [0, 0.1) is 0 Å². The summed E-state index contributed by atoms with van der Waals surface area (Å²) in [6, 6.07) is 29.8. The maximum absolute atomic E-state index is 6.14. The second kappa shape index (κ2) is 8.84. The van der Waals surface area contributed by atoms with Crippen molar-refractivity contribution < 1.29 is 0 Å². The summed E-state index contributed by atoms with van der Waals surface area (Å²) in [6.45, 7) is 6.41. The van der Waals surface area contributed by atoms with Gasteiger partial charge in [-0.15, -0.1) is 10.2 Å². The second-order valence-corrected chi connectivity index (χ2v) is 9.56. The molecule has 0 saturated carbocycles. The maximum atomic E-state index is 6.14. The molecule has 5 nitrogen and oxygen atoms in total. The fraction of sp³-hybridized carbons (Fsp3) is 0.143. The molecule has 0 aliphatic heterocycles. The molecule has 5 aromatic rings. The molecule has 0 fully saturated rings. The fourth-order valence-corrected chi connectivity index (χ4v) is 3.85. The summed E-state index contributed by atoms with van der Waals surface area (Å²) < 4.78 is 1.78. The number of hydrogen-bond acceptors (Lipinski definition) is 4. The Balaban J connectivity index is 1.73. The Hall–Kier alpha value is -3.83. The van der Waals surface area contributed by atoms with Crippen LogP contribution in [0.25, 0.3) is 39.7 Å². The lowest BCUT2D eigenvalue weighted by molar-refractivity contribution is 0.558. The number of halogens is 1. The van der Waals surface area contributed by atoms with E-state index >= 15 is 0 Å². The lowest BCUT2D eigenvalue weighted by atomic mass is 9.92. The first-order valence-corrected chi connectivity index (χ1v) is 11.5. The van der Waals surface area contributed by atoms with Gasteiger partial charge in [0.15, 0.2) is 0 Å². The van der Waals surface area contributed by atoms with Gasteiger partial charge in [0.2, 0.25) is 0 Å². The molecule has 0 amide bonds. The molecule has 0 bridgehead atoms. The van der Waals surface area contributed by atoms with Crippen molar-refractivity contribution >= 4 is 11.6 Å². The van der Waals surface area contributed by atoms with Gasteiger partial charge in [-0.1, -0.05) is 105 Å². The van der Waals surface area contributed by atoms with Gasteiger partial charge in [-0.3, -0.25) is 0 Å². The van der Waals surface area contributed by atoms with Crippen molar-refractivity contribution in [3.05, 3.63) is 102 Å². The van der Waals surface area contributed by atoms with E-state index in [1.165, 1.54) is 0 Å². The Kier molecular flexibility index (Phi) is 5.72. The van der Waals surface area contributed by atoms with Gasteiger partial charge >= 0.3 is 0 Å². The lowest BCUT2D eigenvalue weighted by Gasteiger charge is -2.14. The van der Waals surface area contributed by atoms with E-state index < -0.39 is 0 Å². The molecule has 0 aliphatic carbocycles. The van der Waals surface area contributed by atoms with Gasteiger partial charge < -0.3 is 0 Å². The first-order valence-electron chi connectivity index (χ1n) is 11.1. The standard InChI is InChI=1S/C28H24ClN5/c1-28(2,3)24-18-23(19-14-16-22(29)17-15-19)34(33-24)27-30-25(20-10-6-4-7-11-20)26(31-32-27)21-12-8-5-9-13-21/h4-18H,1-3H3. The van der Waals surface area contributed by atoms with Crippen LogP contribution in [0.5, 0.6) is 0 Å². The summed E-state index contributed by atoms with van der Waals surface area (Å²) in [5.41, 5.74) is 6.06. The van der Waals surface area contributed by atoms with Gasteiger partial charge in [-0.05, 0) is 18.2 Å². The summed E-state index contributed by atoms with van der Waals surface area (Å²) in [5.74, 6) is 0.416. The van der Waals surface area contributed by atoms with Crippen LogP contribution in [0.1, 0.15) is 26.5 Å². The molecule has 0 saturated heterocycles. The molecule has 3 aromatic carbocycles. The highest BCUT2D eigenvalue weighted by Crippen LogP contribution is 2.32. The summed E-state index contributed by atoms with van der Waals surface area (Å²) in [4.78, 5) is 4.99. The maximum Gasteiger partial charge on any atom is 0.271 e. The third-order valence-electron chi connectivity index (χ3n) is 5.58. The van der Waals surface area contributed by atoms with Crippen LogP contribution in [0.3, 0.4) is 0 Å². The van der Waals surface area contributed by atoms with E-state index in [0.29, 0.717) is 11.0 Å². The van der Waals surface area contributed by atoms with Crippen LogP contribution in [-0.4, -0.2) is 25.0 Å². The van der Waals surface area contributed by atoms with Crippen LogP contribution in [0.15, 0.2) is 91.0 Å². The number of nitrogens with zero attached hydrogens (tertiary/aromatic N) is 5. The van der Waals surface area contributed by atoms with Gasteiger partial charge in [0, 0.05) is 27.1 Å². The van der Waals surface area contributed by atoms with Crippen molar-refractivity contribution in [2.24, 2.45) is 0 Å². The monoisotopic (exact) mass is 465 g/mol. The third-order valence-corrected chi connectivity index (χ3v) is 5.83. The highest BCUT2D eigenvalue weighted by atomic mass is 35.5. The molecule has 6 heteroatoms. The van der Waals surface area contributed by atoms with Gasteiger partial charge in [0.25, 0.3) is 5.95 Å². The predicted molar refractivity (Wildman–Crippen MR) is 137 cm³/mol. The quantitative estimate of drug-likeness (QED) is 0.286. The fourth-order valence-electron chi connectivity index (χ4n) is 3.72. The Morgan fingerprint density at radius 2 is 1.26 bits per heavy atom. The summed E-state index contributed by atoms with van der Waals surface area (Å²) in [5, 5.41) is 14.7. The summed E-state index contributed by atoms with van der Waals surface area (Å²) in [6.07, 6.45) is 0. The first kappa shape index (κ1) is 22.0. The van der Waals surface area contributed by atoms with E-state index in [1.54, 1.807) is 4.68 Å². The van der Waals surface area contributed by atoms with Gasteiger partial charge in [0.1, 0.15) is 11.4 Å². The highest BCUT2D eigenvalue weighted by Gasteiger charge is 2.23. The smallest absolute Gasteiger partial charge is 0.207 e. The van der Waals surface area contributed by atoms with E-state index in [0.717, 1.165) is 39.5 Å². The molecular weight excluding hydrogens is 442 g/mol. The molecule has 0 unspecified atom stereocenters. The van der Waals surface area contributed by atoms with Gasteiger partial charge in [-0.25, -0.2) is 4.98 Å². The van der Waals surface area contributed by atoms with Crippen LogP contribution in [0.4, 0.5) is 0 Å². The average Bonchev–Trinajstić information content (AvgIpc) is 3.31. The predicted octanol–water partition coefficient (Wildman–Crippen LogP) is 7.01. The minimum Gasteiger partial charge on any atom is -0.207 e. The Labute approximate surface area is 204 Å². The molecule has 0 atom stereocenters. The third kappa shape index (κ3) is 4.35. The molecule has 2 heterocycles. The van der Waals surface area contributed by atoms with Gasteiger partial charge in [0.05, 0.1) is 11.4 Å². The van der Waals surface area contributed by atoms with E-state index in [4.69, 9.17) is 21.7 Å². The molecular formula is C28H24ClN5. The molecule has 5 rings (SSSR count).